The average molecular weight is 426 g/mol. The minimum atomic E-state index is -0.249. The lowest BCUT2D eigenvalue weighted by Crippen LogP contribution is -2.48. The molecule has 1 N–H and O–H groups in total. The lowest BCUT2D eigenvalue weighted by Gasteiger charge is -2.34. The SMILES string of the molecule is N#C/C(=C/Nc1ccc(Br)cn1)C(=O)N1CCN(Cc2ccccc2)CC1. The van der Waals surface area contributed by atoms with Gasteiger partial charge in [-0.05, 0) is 33.6 Å². The first-order chi connectivity index (χ1) is 13.2. The van der Waals surface area contributed by atoms with E-state index >= 15 is 0 Å². The number of carbonyl (C=O) groups excluding carboxylic acids is 1. The molecule has 0 radical (unpaired) electrons. The Bertz CT molecular complexity index is 837. The Balaban J connectivity index is 1.54. The summed E-state index contributed by atoms with van der Waals surface area (Å²) in [5, 5.41) is 12.3. The summed E-state index contributed by atoms with van der Waals surface area (Å²) in [6.07, 6.45) is 3.07. The zero-order chi connectivity index (χ0) is 19.1. The summed E-state index contributed by atoms with van der Waals surface area (Å²) in [6, 6.07) is 15.9. The standard InChI is InChI=1S/C20H20BrN5O/c21-18-6-7-19(24-14-18)23-13-17(12-22)20(27)26-10-8-25(9-11-26)15-16-4-2-1-3-5-16/h1-7,13-14H,8-11,15H2,(H,23,24)/b17-13-. The maximum absolute atomic E-state index is 12.6. The van der Waals surface area contributed by atoms with Crippen molar-refractivity contribution in [1.82, 2.24) is 14.8 Å². The summed E-state index contributed by atoms with van der Waals surface area (Å²) in [5.74, 6) is 0.327. The molecule has 1 aliphatic heterocycles. The molecular weight excluding hydrogens is 406 g/mol. The zero-order valence-corrected chi connectivity index (χ0v) is 16.4. The highest BCUT2D eigenvalue weighted by Gasteiger charge is 2.23. The number of benzene rings is 1. The third-order valence-corrected chi connectivity index (χ3v) is 4.82. The second-order valence-corrected chi connectivity index (χ2v) is 7.15. The summed E-state index contributed by atoms with van der Waals surface area (Å²) in [4.78, 5) is 20.8. The van der Waals surface area contributed by atoms with Gasteiger partial charge in [0.05, 0.1) is 0 Å². The fourth-order valence-electron chi connectivity index (χ4n) is 2.87. The van der Waals surface area contributed by atoms with Gasteiger partial charge in [-0.2, -0.15) is 5.26 Å². The van der Waals surface area contributed by atoms with E-state index in [1.54, 1.807) is 17.2 Å². The number of pyridine rings is 1. The van der Waals surface area contributed by atoms with Crippen LogP contribution in [0.3, 0.4) is 0 Å². The molecular formula is C20H20BrN5O. The number of hydrogen-bond acceptors (Lipinski definition) is 5. The van der Waals surface area contributed by atoms with E-state index in [-0.39, 0.29) is 11.5 Å². The van der Waals surface area contributed by atoms with Crippen LogP contribution >= 0.6 is 15.9 Å². The Hall–Kier alpha value is -2.69. The van der Waals surface area contributed by atoms with Gasteiger partial charge in [0.15, 0.2) is 0 Å². The van der Waals surface area contributed by atoms with E-state index in [9.17, 15) is 10.1 Å². The summed E-state index contributed by atoms with van der Waals surface area (Å²) < 4.78 is 0.863. The minimum Gasteiger partial charge on any atom is -0.345 e. The number of nitriles is 1. The molecule has 1 fully saturated rings. The molecule has 0 atom stereocenters. The van der Waals surface area contributed by atoms with Gasteiger partial charge in [0, 0.05) is 49.6 Å². The fraction of sp³-hybridized carbons (Fsp3) is 0.250. The first-order valence-corrected chi connectivity index (χ1v) is 9.49. The molecule has 1 aromatic heterocycles. The summed E-state index contributed by atoms with van der Waals surface area (Å²) in [6.45, 7) is 3.69. The maximum atomic E-state index is 12.6. The van der Waals surface area contributed by atoms with E-state index in [1.165, 1.54) is 11.8 Å². The van der Waals surface area contributed by atoms with Crippen molar-refractivity contribution >= 4 is 27.7 Å². The smallest absolute Gasteiger partial charge is 0.266 e. The van der Waals surface area contributed by atoms with Crippen LogP contribution in [0.2, 0.25) is 0 Å². The van der Waals surface area contributed by atoms with Crippen molar-refractivity contribution in [2.45, 2.75) is 6.54 Å². The number of nitrogens with zero attached hydrogens (tertiary/aromatic N) is 4. The normalized spacial score (nSPS) is 15.3. The average Bonchev–Trinajstić information content (AvgIpc) is 2.71. The van der Waals surface area contributed by atoms with Crippen molar-refractivity contribution in [3.05, 3.63) is 70.5 Å². The Morgan fingerprint density at radius 1 is 1.19 bits per heavy atom. The molecule has 0 saturated carbocycles. The number of hydrogen-bond donors (Lipinski definition) is 1. The van der Waals surface area contributed by atoms with Crippen LogP contribution in [0.15, 0.2) is 64.9 Å². The van der Waals surface area contributed by atoms with Gasteiger partial charge in [0.2, 0.25) is 0 Å². The van der Waals surface area contributed by atoms with Gasteiger partial charge in [-0.15, -0.1) is 0 Å². The highest BCUT2D eigenvalue weighted by molar-refractivity contribution is 9.10. The van der Waals surface area contributed by atoms with Gasteiger partial charge in [0.25, 0.3) is 5.91 Å². The monoisotopic (exact) mass is 425 g/mol. The van der Waals surface area contributed by atoms with Crippen LogP contribution in [0.4, 0.5) is 5.82 Å². The number of rotatable bonds is 5. The van der Waals surface area contributed by atoms with E-state index in [2.05, 4.69) is 43.3 Å². The van der Waals surface area contributed by atoms with E-state index < -0.39 is 0 Å². The molecule has 2 heterocycles. The fourth-order valence-corrected chi connectivity index (χ4v) is 3.10. The van der Waals surface area contributed by atoms with Crippen LogP contribution in [-0.2, 0) is 11.3 Å². The third-order valence-electron chi connectivity index (χ3n) is 4.35. The Morgan fingerprint density at radius 2 is 1.93 bits per heavy atom. The molecule has 3 rings (SSSR count). The van der Waals surface area contributed by atoms with Gasteiger partial charge < -0.3 is 10.2 Å². The van der Waals surface area contributed by atoms with Gasteiger partial charge >= 0.3 is 0 Å². The number of nitrogens with one attached hydrogen (secondary N) is 1. The molecule has 6 nitrogen and oxygen atoms in total. The zero-order valence-electron chi connectivity index (χ0n) is 14.8. The Labute approximate surface area is 167 Å². The van der Waals surface area contributed by atoms with E-state index in [4.69, 9.17) is 0 Å². The molecule has 2 aromatic rings. The van der Waals surface area contributed by atoms with Gasteiger partial charge in [-0.1, -0.05) is 30.3 Å². The van der Waals surface area contributed by atoms with Crippen molar-refractivity contribution in [2.75, 3.05) is 31.5 Å². The maximum Gasteiger partial charge on any atom is 0.266 e. The second kappa shape index (κ2) is 9.31. The molecule has 7 heteroatoms. The largest absolute Gasteiger partial charge is 0.345 e. The molecule has 1 amide bonds. The highest BCUT2D eigenvalue weighted by atomic mass is 79.9. The summed E-state index contributed by atoms with van der Waals surface area (Å²) in [7, 11) is 0. The lowest BCUT2D eigenvalue weighted by atomic mass is 10.2. The van der Waals surface area contributed by atoms with Crippen molar-refractivity contribution in [3.8, 4) is 6.07 Å². The Morgan fingerprint density at radius 3 is 2.56 bits per heavy atom. The van der Waals surface area contributed by atoms with Gasteiger partial charge in [-0.3, -0.25) is 9.69 Å². The molecule has 27 heavy (non-hydrogen) atoms. The minimum absolute atomic E-state index is 0.0798. The quantitative estimate of drug-likeness (QED) is 0.588. The van der Waals surface area contributed by atoms with Crippen LogP contribution in [0.1, 0.15) is 5.56 Å². The molecule has 1 saturated heterocycles. The van der Waals surface area contributed by atoms with E-state index in [0.29, 0.717) is 18.9 Å². The predicted molar refractivity (Wildman–Crippen MR) is 108 cm³/mol. The Kier molecular flexibility index (Phi) is 6.58. The first-order valence-electron chi connectivity index (χ1n) is 8.69. The number of carbonyl (C=O) groups is 1. The number of anilines is 1. The summed E-state index contributed by atoms with van der Waals surface area (Å²) in [5.41, 5.74) is 1.34. The molecule has 1 aliphatic rings. The van der Waals surface area contributed by atoms with Crippen LogP contribution in [0.5, 0.6) is 0 Å². The van der Waals surface area contributed by atoms with E-state index in [1.807, 2.05) is 30.3 Å². The number of halogens is 1. The lowest BCUT2D eigenvalue weighted by molar-refractivity contribution is -0.128. The molecule has 1 aromatic carbocycles. The molecule has 138 valence electrons. The highest BCUT2D eigenvalue weighted by Crippen LogP contribution is 2.13. The van der Waals surface area contributed by atoms with Crippen molar-refractivity contribution < 1.29 is 4.79 Å². The second-order valence-electron chi connectivity index (χ2n) is 6.23. The number of aromatic nitrogens is 1. The van der Waals surface area contributed by atoms with Crippen molar-refractivity contribution in [3.63, 3.8) is 0 Å². The molecule has 0 unspecified atom stereocenters. The van der Waals surface area contributed by atoms with Crippen LogP contribution in [0.25, 0.3) is 0 Å². The number of piperazine rings is 1. The molecule has 0 bridgehead atoms. The number of amides is 1. The van der Waals surface area contributed by atoms with Crippen LogP contribution < -0.4 is 5.32 Å². The van der Waals surface area contributed by atoms with Crippen molar-refractivity contribution in [2.24, 2.45) is 0 Å². The van der Waals surface area contributed by atoms with Crippen LogP contribution in [0, 0.1) is 11.3 Å². The van der Waals surface area contributed by atoms with E-state index in [0.717, 1.165) is 24.1 Å². The third kappa shape index (κ3) is 5.39. The summed E-state index contributed by atoms with van der Waals surface area (Å²) >= 11 is 3.32. The van der Waals surface area contributed by atoms with Crippen molar-refractivity contribution in [1.29, 1.82) is 5.26 Å². The van der Waals surface area contributed by atoms with Gasteiger partial charge in [-0.25, -0.2) is 4.98 Å². The first kappa shape index (κ1) is 19.1. The molecule has 0 spiro atoms. The topological polar surface area (TPSA) is 72.3 Å². The molecule has 0 aliphatic carbocycles. The predicted octanol–water partition coefficient (Wildman–Crippen LogP) is 3.01. The van der Waals surface area contributed by atoms with Crippen LogP contribution in [-0.4, -0.2) is 46.9 Å². The van der Waals surface area contributed by atoms with Gasteiger partial charge in [0.1, 0.15) is 17.5 Å².